The SMILES string of the molecule is O=[N+]([O-])c1ccccc1S(F)(F)(F)(F)F. The topological polar surface area (TPSA) is 43.1 Å². The van der Waals surface area contributed by atoms with Crippen LogP contribution >= 0.6 is 10.2 Å². The fourth-order valence-corrected chi connectivity index (χ4v) is 1.81. The molecule has 0 aliphatic carbocycles. The van der Waals surface area contributed by atoms with Gasteiger partial charge in [-0.2, -0.15) is 0 Å². The van der Waals surface area contributed by atoms with Crippen LogP contribution in [0.4, 0.5) is 25.1 Å². The van der Waals surface area contributed by atoms with Gasteiger partial charge in [0.2, 0.25) is 0 Å². The van der Waals surface area contributed by atoms with E-state index in [0.29, 0.717) is 12.1 Å². The van der Waals surface area contributed by atoms with Crippen molar-refractivity contribution in [2.75, 3.05) is 0 Å². The summed E-state index contributed by atoms with van der Waals surface area (Å²) in [5.74, 6) is 0. The Morgan fingerprint density at radius 2 is 1.53 bits per heavy atom. The van der Waals surface area contributed by atoms with Crippen molar-refractivity contribution in [3.63, 3.8) is 0 Å². The molecule has 0 aliphatic heterocycles. The fourth-order valence-electron chi connectivity index (χ4n) is 0.934. The van der Waals surface area contributed by atoms with Crippen LogP contribution in [-0.4, -0.2) is 4.92 Å². The van der Waals surface area contributed by atoms with Crippen LogP contribution in [0.15, 0.2) is 29.2 Å². The van der Waals surface area contributed by atoms with Gasteiger partial charge in [0.25, 0.3) is 5.69 Å². The molecule has 0 unspecified atom stereocenters. The predicted molar refractivity (Wildman–Crippen MR) is 44.5 cm³/mol. The zero-order valence-corrected chi connectivity index (χ0v) is 7.69. The third kappa shape index (κ3) is 2.55. The Kier molecular flexibility index (Phi) is 1.87. The van der Waals surface area contributed by atoms with Crippen LogP contribution in [0.3, 0.4) is 0 Å². The summed E-state index contributed by atoms with van der Waals surface area (Å²) in [5, 5.41) is 10.1. The Balaban J connectivity index is 3.61. The lowest BCUT2D eigenvalue weighted by atomic mass is 10.3. The Morgan fingerprint density at radius 1 is 1.07 bits per heavy atom. The molecule has 1 aromatic carbocycles. The van der Waals surface area contributed by atoms with Crippen molar-refractivity contribution in [2.24, 2.45) is 0 Å². The summed E-state index contributed by atoms with van der Waals surface area (Å²) >= 11 is 0. The largest absolute Gasteiger partial charge is 0.316 e. The van der Waals surface area contributed by atoms with Gasteiger partial charge in [0.1, 0.15) is 0 Å². The molecule has 15 heavy (non-hydrogen) atoms. The second-order valence-corrected chi connectivity index (χ2v) is 5.07. The van der Waals surface area contributed by atoms with Crippen LogP contribution in [-0.2, 0) is 0 Å². The summed E-state index contributed by atoms with van der Waals surface area (Å²) in [5.41, 5.74) is -1.64. The first-order valence-electron chi connectivity index (χ1n) is 3.39. The molecule has 86 valence electrons. The van der Waals surface area contributed by atoms with Crippen molar-refractivity contribution in [3.8, 4) is 0 Å². The number of nitro benzene ring substituents is 1. The number of benzene rings is 1. The third-order valence-corrected chi connectivity index (χ3v) is 2.65. The molecule has 0 saturated carbocycles. The molecular weight excluding hydrogens is 245 g/mol. The Labute approximate surface area is 80.4 Å². The first kappa shape index (κ1) is 11.7. The number of halogens is 5. The monoisotopic (exact) mass is 249 g/mol. The average molecular weight is 249 g/mol. The van der Waals surface area contributed by atoms with E-state index in [1.807, 2.05) is 0 Å². The van der Waals surface area contributed by atoms with E-state index in [9.17, 15) is 29.5 Å². The summed E-state index contributed by atoms with van der Waals surface area (Å²) in [7, 11) is -9.99. The van der Waals surface area contributed by atoms with Crippen LogP contribution < -0.4 is 0 Å². The zero-order chi connectivity index (χ0) is 12.0. The van der Waals surface area contributed by atoms with Gasteiger partial charge in [-0.3, -0.25) is 10.1 Å². The maximum Gasteiger partial charge on any atom is 0.316 e. The molecule has 0 bridgehead atoms. The third-order valence-electron chi connectivity index (χ3n) is 1.48. The molecule has 0 radical (unpaired) electrons. The second-order valence-electron chi connectivity index (χ2n) is 2.69. The van der Waals surface area contributed by atoms with E-state index in [1.165, 1.54) is 0 Å². The first-order valence-corrected chi connectivity index (χ1v) is 5.34. The van der Waals surface area contributed by atoms with E-state index in [-0.39, 0.29) is 6.07 Å². The zero-order valence-electron chi connectivity index (χ0n) is 6.87. The lowest BCUT2D eigenvalue weighted by Gasteiger charge is -2.39. The number of nitrogens with zero attached hydrogens (tertiary/aromatic N) is 1. The normalized spacial score (nSPS) is 16.6. The maximum atomic E-state index is 12.3. The van der Waals surface area contributed by atoms with E-state index in [1.54, 1.807) is 0 Å². The van der Waals surface area contributed by atoms with Crippen molar-refractivity contribution in [1.29, 1.82) is 0 Å². The van der Waals surface area contributed by atoms with Crippen molar-refractivity contribution < 1.29 is 24.4 Å². The van der Waals surface area contributed by atoms with Crippen LogP contribution in [0.25, 0.3) is 0 Å². The highest BCUT2D eigenvalue weighted by atomic mass is 32.5. The minimum Gasteiger partial charge on any atom is -0.258 e. The van der Waals surface area contributed by atoms with E-state index in [4.69, 9.17) is 0 Å². The maximum absolute atomic E-state index is 12.3. The van der Waals surface area contributed by atoms with E-state index < -0.39 is 25.7 Å². The molecule has 0 saturated heterocycles. The van der Waals surface area contributed by atoms with E-state index in [0.717, 1.165) is 6.07 Å². The van der Waals surface area contributed by atoms with Gasteiger partial charge in [-0.1, -0.05) is 31.6 Å². The lowest BCUT2D eigenvalue weighted by Crippen LogP contribution is -2.08. The molecule has 1 rings (SSSR count). The van der Waals surface area contributed by atoms with Gasteiger partial charge < -0.3 is 0 Å². The van der Waals surface area contributed by atoms with Gasteiger partial charge in [-0.05, 0) is 6.07 Å². The molecule has 0 amide bonds. The molecule has 0 fully saturated rings. The van der Waals surface area contributed by atoms with Gasteiger partial charge >= 0.3 is 10.2 Å². The van der Waals surface area contributed by atoms with E-state index in [2.05, 4.69) is 0 Å². The van der Waals surface area contributed by atoms with E-state index >= 15 is 0 Å². The molecule has 1 aromatic rings. The molecule has 0 N–H and O–H groups in total. The quantitative estimate of drug-likeness (QED) is 0.446. The number of para-hydroxylation sites is 1. The van der Waals surface area contributed by atoms with Gasteiger partial charge in [0, 0.05) is 6.07 Å². The summed E-state index contributed by atoms with van der Waals surface area (Å²) in [4.78, 5) is 6.18. The first-order chi connectivity index (χ1) is 6.41. The number of hydrogen-bond donors (Lipinski definition) is 0. The van der Waals surface area contributed by atoms with Crippen LogP contribution in [0.1, 0.15) is 0 Å². The molecule has 0 heterocycles. The lowest BCUT2D eigenvalue weighted by molar-refractivity contribution is -0.388. The summed E-state index contributed by atoms with van der Waals surface area (Å²) in [6, 6.07) is 1.93. The molecule has 0 aromatic heterocycles. The number of nitro groups is 1. The highest BCUT2D eigenvalue weighted by Gasteiger charge is 2.68. The minimum absolute atomic E-state index is 0.000309. The Hall–Kier alpha value is -1.38. The van der Waals surface area contributed by atoms with Gasteiger partial charge in [-0.15, -0.1) is 0 Å². The van der Waals surface area contributed by atoms with Crippen molar-refractivity contribution in [2.45, 2.75) is 4.90 Å². The number of rotatable bonds is 2. The smallest absolute Gasteiger partial charge is 0.258 e. The Bertz CT molecular complexity index is 428. The number of hydrogen-bond acceptors (Lipinski definition) is 2. The second kappa shape index (κ2) is 2.40. The minimum atomic E-state index is -9.99. The van der Waals surface area contributed by atoms with Crippen molar-refractivity contribution in [1.82, 2.24) is 0 Å². The molecule has 9 heteroatoms. The molecule has 0 spiro atoms. The van der Waals surface area contributed by atoms with Crippen LogP contribution in [0.5, 0.6) is 0 Å². The molecule has 0 atom stereocenters. The molecule has 0 aliphatic rings. The van der Waals surface area contributed by atoms with Crippen molar-refractivity contribution in [3.05, 3.63) is 34.4 Å². The molecule has 3 nitrogen and oxygen atoms in total. The van der Waals surface area contributed by atoms with Gasteiger partial charge in [0.15, 0.2) is 4.90 Å². The average Bonchev–Trinajstić information content (AvgIpc) is 2.00. The highest BCUT2D eigenvalue weighted by Crippen LogP contribution is 3.02. The Morgan fingerprint density at radius 3 is 1.87 bits per heavy atom. The summed E-state index contributed by atoms with van der Waals surface area (Å²) in [6.45, 7) is 0. The fraction of sp³-hybridized carbons (Fsp3) is 0. The van der Waals surface area contributed by atoms with Gasteiger partial charge in [-0.25, -0.2) is 0 Å². The summed E-state index contributed by atoms with van der Waals surface area (Å²) < 4.78 is 61.3. The van der Waals surface area contributed by atoms with Gasteiger partial charge in [0.05, 0.1) is 4.92 Å². The molecular formula is C6H4F5NO2S. The predicted octanol–water partition coefficient (Wildman–Crippen LogP) is 4.25. The summed E-state index contributed by atoms with van der Waals surface area (Å²) in [6.07, 6.45) is 0. The van der Waals surface area contributed by atoms with Crippen LogP contribution in [0, 0.1) is 10.1 Å². The van der Waals surface area contributed by atoms with Crippen LogP contribution in [0.2, 0.25) is 0 Å². The standard InChI is InChI=1S/C6H4F5NO2S/c7-15(8,9,10,11)6-4-2-1-3-5(6)12(13)14/h1-4H. The highest BCUT2D eigenvalue weighted by molar-refractivity contribution is 8.45. The van der Waals surface area contributed by atoms with Crippen molar-refractivity contribution >= 4 is 15.9 Å².